The molecule has 1 unspecified atom stereocenters. The van der Waals surface area contributed by atoms with Gasteiger partial charge in [0.2, 0.25) is 0 Å². The first-order valence-corrected chi connectivity index (χ1v) is 8.87. The van der Waals surface area contributed by atoms with Crippen LogP contribution in [-0.2, 0) is 4.57 Å². The third-order valence-electron chi connectivity index (χ3n) is 3.14. The lowest BCUT2D eigenvalue weighted by atomic mass is 10.1. The highest BCUT2D eigenvalue weighted by Gasteiger charge is 2.17. The first kappa shape index (κ1) is 16.2. The van der Waals surface area contributed by atoms with E-state index in [9.17, 15) is 4.57 Å². The van der Waals surface area contributed by atoms with E-state index >= 15 is 0 Å². The number of rotatable bonds is 11. The molecule has 1 aromatic rings. The minimum Gasteiger partial charge on any atom is -0.254 e. The van der Waals surface area contributed by atoms with Crippen molar-refractivity contribution in [2.75, 3.05) is 6.16 Å². The fourth-order valence-corrected chi connectivity index (χ4v) is 2.95. The first-order valence-electron chi connectivity index (χ1n) is 7.50. The standard InChI is InChI=1S/C16H26O2P/c1-2-3-4-5-6-7-8-12-15-19(17)18-16-13-10-9-11-14-16/h9-11,13-14H,2-8,12,15H2,1H3/q+1. The Morgan fingerprint density at radius 2 is 1.47 bits per heavy atom. The van der Waals surface area contributed by atoms with Crippen molar-refractivity contribution in [2.45, 2.75) is 58.3 Å². The normalized spacial score (nSPS) is 11.3. The van der Waals surface area contributed by atoms with Crippen LogP contribution in [0.15, 0.2) is 30.3 Å². The van der Waals surface area contributed by atoms with Gasteiger partial charge in [0.1, 0.15) is 0 Å². The number of benzene rings is 1. The van der Waals surface area contributed by atoms with E-state index < -0.39 is 8.03 Å². The maximum absolute atomic E-state index is 11.7. The van der Waals surface area contributed by atoms with Gasteiger partial charge < -0.3 is 0 Å². The lowest BCUT2D eigenvalue weighted by Gasteiger charge is -1.98. The highest BCUT2D eigenvalue weighted by Crippen LogP contribution is 2.27. The van der Waals surface area contributed by atoms with Gasteiger partial charge in [0.05, 0.1) is 0 Å². The highest BCUT2D eigenvalue weighted by molar-refractivity contribution is 7.39. The molecule has 0 bridgehead atoms. The van der Waals surface area contributed by atoms with Gasteiger partial charge in [0.25, 0.3) is 0 Å². The number of hydrogen-bond donors (Lipinski definition) is 0. The molecular formula is C16H26O2P+. The van der Waals surface area contributed by atoms with Crippen LogP contribution in [-0.4, -0.2) is 6.16 Å². The van der Waals surface area contributed by atoms with Crippen LogP contribution in [0.1, 0.15) is 58.3 Å². The van der Waals surface area contributed by atoms with E-state index in [1.54, 1.807) is 0 Å². The number of hydrogen-bond acceptors (Lipinski definition) is 2. The summed E-state index contributed by atoms with van der Waals surface area (Å²) in [6.07, 6.45) is 10.8. The Labute approximate surface area is 118 Å². The Kier molecular flexibility index (Phi) is 9.36. The first-order chi connectivity index (χ1) is 9.33. The molecule has 2 nitrogen and oxygen atoms in total. The molecule has 0 saturated heterocycles. The molecule has 0 amide bonds. The third kappa shape index (κ3) is 8.77. The van der Waals surface area contributed by atoms with Gasteiger partial charge in [0.15, 0.2) is 11.9 Å². The quantitative estimate of drug-likeness (QED) is 0.370. The number of unbranched alkanes of at least 4 members (excludes halogenated alkanes) is 7. The molecule has 3 heteroatoms. The van der Waals surface area contributed by atoms with E-state index in [4.69, 9.17) is 4.52 Å². The second kappa shape index (κ2) is 11.0. The molecular weight excluding hydrogens is 255 g/mol. The fraction of sp³-hybridized carbons (Fsp3) is 0.625. The molecule has 0 aliphatic rings. The van der Waals surface area contributed by atoms with Gasteiger partial charge in [-0.1, -0.05) is 63.6 Å². The van der Waals surface area contributed by atoms with E-state index in [1.807, 2.05) is 30.3 Å². The topological polar surface area (TPSA) is 26.3 Å². The van der Waals surface area contributed by atoms with Crippen molar-refractivity contribution in [2.24, 2.45) is 0 Å². The zero-order valence-corrected chi connectivity index (χ0v) is 12.9. The van der Waals surface area contributed by atoms with Crippen molar-refractivity contribution in [1.29, 1.82) is 0 Å². The van der Waals surface area contributed by atoms with Crippen molar-refractivity contribution in [1.82, 2.24) is 0 Å². The summed E-state index contributed by atoms with van der Waals surface area (Å²) in [4.78, 5) is 0. The van der Waals surface area contributed by atoms with Crippen LogP contribution in [0.2, 0.25) is 0 Å². The van der Waals surface area contributed by atoms with Gasteiger partial charge in [-0.2, -0.15) is 0 Å². The zero-order valence-electron chi connectivity index (χ0n) is 12.0. The van der Waals surface area contributed by atoms with Crippen LogP contribution < -0.4 is 4.52 Å². The van der Waals surface area contributed by atoms with Gasteiger partial charge in [-0.05, 0) is 29.5 Å². The predicted molar refractivity (Wildman–Crippen MR) is 82.2 cm³/mol. The molecule has 0 saturated carbocycles. The summed E-state index contributed by atoms with van der Waals surface area (Å²) < 4.78 is 17.1. The van der Waals surface area contributed by atoms with E-state index in [1.165, 1.54) is 44.9 Å². The summed E-state index contributed by atoms with van der Waals surface area (Å²) in [5.74, 6) is 0.711. The third-order valence-corrected chi connectivity index (χ3v) is 4.24. The van der Waals surface area contributed by atoms with Gasteiger partial charge in [-0.15, -0.1) is 0 Å². The van der Waals surface area contributed by atoms with E-state index in [0.29, 0.717) is 11.9 Å². The second-order valence-corrected chi connectivity index (χ2v) is 6.23. The maximum atomic E-state index is 11.7. The summed E-state index contributed by atoms with van der Waals surface area (Å²) in [6.45, 7) is 2.24. The Bertz CT molecular complexity index is 338. The lowest BCUT2D eigenvalue weighted by molar-refractivity contribution is 0.500. The second-order valence-electron chi connectivity index (χ2n) is 4.94. The van der Waals surface area contributed by atoms with E-state index in [-0.39, 0.29) is 0 Å². The molecule has 0 heterocycles. The molecule has 106 valence electrons. The van der Waals surface area contributed by atoms with Crippen LogP contribution >= 0.6 is 8.03 Å². The minimum atomic E-state index is -1.54. The average molecular weight is 281 g/mol. The Morgan fingerprint density at radius 3 is 2.11 bits per heavy atom. The van der Waals surface area contributed by atoms with Crippen LogP contribution in [0.4, 0.5) is 0 Å². The van der Waals surface area contributed by atoms with Crippen molar-refractivity contribution in [3.05, 3.63) is 30.3 Å². The Morgan fingerprint density at radius 1 is 0.895 bits per heavy atom. The van der Waals surface area contributed by atoms with Crippen molar-refractivity contribution in [3.63, 3.8) is 0 Å². The SMILES string of the molecule is CCCCCCCCCC[P+](=O)Oc1ccccc1. The molecule has 0 N–H and O–H groups in total. The minimum absolute atomic E-state index is 0.680. The molecule has 1 aromatic carbocycles. The zero-order chi connectivity index (χ0) is 13.8. The summed E-state index contributed by atoms with van der Waals surface area (Å²) in [5.41, 5.74) is 0. The molecule has 0 aromatic heterocycles. The highest BCUT2D eigenvalue weighted by atomic mass is 31.1. The van der Waals surface area contributed by atoms with Gasteiger partial charge >= 0.3 is 8.03 Å². The summed E-state index contributed by atoms with van der Waals surface area (Å²) in [7, 11) is -1.54. The molecule has 1 rings (SSSR count). The average Bonchev–Trinajstić information content (AvgIpc) is 2.43. The molecule has 0 aliphatic carbocycles. The fourth-order valence-electron chi connectivity index (χ4n) is 2.02. The van der Waals surface area contributed by atoms with Crippen LogP contribution in [0.5, 0.6) is 5.75 Å². The molecule has 0 radical (unpaired) electrons. The van der Waals surface area contributed by atoms with Crippen molar-refractivity contribution < 1.29 is 9.09 Å². The predicted octanol–water partition coefficient (Wildman–Crippen LogP) is 5.95. The van der Waals surface area contributed by atoms with Crippen molar-refractivity contribution in [3.8, 4) is 5.75 Å². The molecule has 0 aliphatic heterocycles. The smallest absolute Gasteiger partial charge is 0.254 e. The number of para-hydroxylation sites is 1. The largest absolute Gasteiger partial charge is 0.556 e. The molecule has 0 spiro atoms. The molecule has 0 fully saturated rings. The van der Waals surface area contributed by atoms with Gasteiger partial charge in [-0.25, -0.2) is 0 Å². The lowest BCUT2D eigenvalue weighted by Crippen LogP contribution is -1.87. The Balaban J connectivity index is 1.96. The molecule has 19 heavy (non-hydrogen) atoms. The summed E-state index contributed by atoms with van der Waals surface area (Å²) in [6, 6.07) is 9.42. The van der Waals surface area contributed by atoms with E-state index in [0.717, 1.165) is 6.42 Å². The van der Waals surface area contributed by atoms with E-state index in [2.05, 4.69) is 6.92 Å². The Hall–Kier alpha value is -0.880. The summed E-state index contributed by atoms with van der Waals surface area (Å²) >= 11 is 0. The van der Waals surface area contributed by atoms with Crippen molar-refractivity contribution >= 4 is 8.03 Å². The molecule has 1 atom stereocenters. The van der Waals surface area contributed by atoms with Crippen LogP contribution in [0, 0.1) is 0 Å². The van der Waals surface area contributed by atoms with Crippen LogP contribution in [0.25, 0.3) is 0 Å². The maximum Gasteiger partial charge on any atom is 0.556 e. The van der Waals surface area contributed by atoms with Gasteiger partial charge in [0, 0.05) is 0 Å². The summed E-state index contributed by atoms with van der Waals surface area (Å²) in [5, 5.41) is 0. The van der Waals surface area contributed by atoms with Gasteiger partial charge in [-0.3, -0.25) is 4.52 Å². The van der Waals surface area contributed by atoms with Crippen LogP contribution in [0.3, 0.4) is 0 Å². The monoisotopic (exact) mass is 281 g/mol.